The molecule has 0 bridgehead atoms. The van der Waals surface area contributed by atoms with Crippen molar-refractivity contribution in [3.05, 3.63) is 65.7 Å². The first-order valence-corrected chi connectivity index (χ1v) is 10.3. The number of rotatable bonds is 7. The predicted molar refractivity (Wildman–Crippen MR) is 117 cm³/mol. The van der Waals surface area contributed by atoms with E-state index < -0.39 is 0 Å². The van der Waals surface area contributed by atoms with Crippen LogP contribution in [0.2, 0.25) is 0 Å². The highest BCUT2D eigenvalue weighted by atomic mass is 16.3. The summed E-state index contributed by atoms with van der Waals surface area (Å²) >= 11 is 0. The second kappa shape index (κ2) is 9.60. The number of β-amino-alcohol motifs (C(OH)–C–C–N with tert-alkyl or cyclic N) is 1. The Hall–Kier alpha value is -3.10. The minimum absolute atomic E-state index is 0.194. The average Bonchev–Trinajstić information content (AvgIpc) is 2.76. The molecule has 1 aliphatic rings. The maximum atomic E-state index is 9.11. The van der Waals surface area contributed by atoms with Crippen molar-refractivity contribution in [3.8, 4) is 0 Å². The van der Waals surface area contributed by atoms with Gasteiger partial charge in [0.05, 0.1) is 6.61 Å². The molecule has 30 heavy (non-hydrogen) atoms. The van der Waals surface area contributed by atoms with Crippen LogP contribution in [0.5, 0.6) is 0 Å². The van der Waals surface area contributed by atoms with Crippen molar-refractivity contribution in [1.29, 1.82) is 0 Å². The third-order valence-electron chi connectivity index (χ3n) is 5.13. The van der Waals surface area contributed by atoms with Gasteiger partial charge in [-0.25, -0.2) is 0 Å². The van der Waals surface area contributed by atoms with Gasteiger partial charge in [0.15, 0.2) is 0 Å². The fourth-order valence-corrected chi connectivity index (χ4v) is 3.52. The highest BCUT2D eigenvalue weighted by Gasteiger charge is 2.19. The van der Waals surface area contributed by atoms with E-state index in [1.54, 1.807) is 0 Å². The van der Waals surface area contributed by atoms with E-state index in [2.05, 4.69) is 47.2 Å². The van der Waals surface area contributed by atoms with Gasteiger partial charge in [-0.05, 0) is 36.8 Å². The van der Waals surface area contributed by atoms with E-state index >= 15 is 0 Å². The van der Waals surface area contributed by atoms with Gasteiger partial charge >= 0.3 is 0 Å². The number of aliphatic hydroxyl groups is 1. The predicted octanol–water partition coefficient (Wildman–Crippen LogP) is 2.02. The van der Waals surface area contributed by atoms with E-state index in [0.29, 0.717) is 24.3 Å². The fourth-order valence-electron chi connectivity index (χ4n) is 3.52. The average molecular weight is 406 g/mol. The molecule has 4 rings (SSSR count). The molecule has 0 aliphatic carbocycles. The van der Waals surface area contributed by atoms with Crippen molar-refractivity contribution in [2.45, 2.75) is 13.3 Å². The summed E-state index contributed by atoms with van der Waals surface area (Å²) in [6.45, 7) is 6.26. The van der Waals surface area contributed by atoms with Gasteiger partial charge in [-0.2, -0.15) is 15.0 Å². The monoisotopic (exact) mass is 405 g/mol. The van der Waals surface area contributed by atoms with Crippen LogP contribution in [0.4, 0.5) is 17.6 Å². The summed E-state index contributed by atoms with van der Waals surface area (Å²) in [4.78, 5) is 22.4. The van der Waals surface area contributed by atoms with Crippen LogP contribution in [0.3, 0.4) is 0 Å². The molecular formula is C22H27N7O. The molecule has 0 amide bonds. The van der Waals surface area contributed by atoms with Crippen LogP contribution in [0.25, 0.3) is 0 Å². The first-order chi connectivity index (χ1) is 14.7. The minimum Gasteiger partial charge on any atom is -0.395 e. The molecule has 1 aromatic carbocycles. The lowest BCUT2D eigenvalue weighted by molar-refractivity contribution is 0.188. The Bertz CT molecular complexity index is 941. The summed E-state index contributed by atoms with van der Waals surface area (Å²) in [7, 11) is 0. The molecule has 1 aliphatic heterocycles. The second-order valence-corrected chi connectivity index (χ2v) is 7.38. The Kier molecular flexibility index (Phi) is 6.46. The Morgan fingerprint density at radius 2 is 1.77 bits per heavy atom. The van der Waals surface area contributed by atoms with E-state index in [9.17, 15) is 0 Å². The summed E-state index contributed by atoms with van der Waals surface area (Å²) in [5.41, 5.74) is 3.19. The van der Waals surface area contributed by atoms with Crippen LogP contribution in [-0.4, -0.2) is 69.3 Å². The molecule has 156 valence electrons. The molecule has 3 heterocycles. The van der Waals surface area contributed by atoms with Crippen LogP contribution >= 0.6 is 0 Å². The number of hydrogen-bond acceptors (Lipinski definition) is 8. The minimum atomic E-state index is 0.194. The molecule has 0 saturated carbocycles. The maximum Gasteiger partial charge on any atom is 0.232 e. The molecule has 1 fully saturated rings. The van der Waals surface area contributed by atoms with Crippen molar-refractivity contribution in [2.24, 2.45) is 0 Å². The standard InChI is InChI=1S/C22H27N7O/c1-17-24-21(27-22(25-17)29-12-10-28(11-13-29)14-15-30)26-19-7-5-18(6-8-19)16-20-4-2-3-9-23-20/h2-9,30H,10-16H2,1H3,(H,24,25,26,27). The Morgan fingerprint density at radius 3 is 2.47 bits per heavy atom. The van der Waals surface area contributed by atoms with Crippen LogP contribution in [-0.2, 0) is 6.42 Å². The summed E-state index contributed by atoms with van der Waals surface area (Å²) in [5.74, 6) is 1.93. The lowest BCUT2D eigenvalue weighted by Gasteiger charge is -2.34. The Labute approximate surface area is 176 Å². The van der Waals surface area contributed by atoms with Gasteiger partial charge in [0.2, 0.25) is 11.9 Å². The smallest absolute Gasteiger partial charge is 0.232 e. The molecule has 0 atom stereocenters. The molecule has 3 aromatic rings. The van der Waals surface area contributed by atoms with Crippen LogP contribution in [0.1, 0.15) is 17.1 Å². The molecule has 1 saturated heterocycles. The number of aliphatic hydroxyl groups excluding tert-OH is 1. The molecule has 0 unspecified atom stereocenters. The first-order valence-electron chi connectivity index (χ1n) is 10.3. The first kappa shape index (κ1) is 20.2. The third-order valence-corrected chi connectivity index (χ3v) is 5.13. The normalized spacial score (nSPS) is 14.7. The SMILES string of the molecule is Cc1nc(Nc2ccc(Cc3ccccn3)cc2)nc(N2CCN(CCO)CC2)n1. The number of anilines is 3. The van der Waals surface area contributed by atoms with Crippen molar-refractivity contribution in [3.63, 3.8) is 0 Å². The topological polar surface area (TPSA) is 90.3 Å². The van der Waals surface area contributed by atoms with Crippen LogP contribution in [0.15, 0.2) is 48.7 Å². The number of aromatic nitrogens is 4. The van der Waals surface area contributed by atoms with Crippen LogP contribution < -0.4 is 10.2 Å². The van der Waals surface area contributed by atoms with E-state index in [1.165, 1.54) is 5.56 Å². The van der Waals surface area contributed by atoms with Crippen molar-refractivity contribution in [2.75, 3.05) is 49.5 Å². The van der Waals surface area contributed by atoms with Gasteiger partial charge in [0, 0.05) is 56.7 Å². The van der Waals surface area contributed by atoms with E-state index in [4.69, 9.17) is 5.11 Å². The second-order valence-electron chi connectivity index (χ2n) is 7.38. The van der Waals surface area contributed by atoms with E-state index in [-0.39, 0.29) is 6.61 Å². The zero-order valence-corrected chi connectivity index (χ0v) is 17.2. The number of hydrogen-bond donors (Lipinski definition) is 2. The molecule has 0 radical (unpaired) electrons. The van der Waals surface area contributed by atoms with Gasteiger partial charge in [-0.15, -0.1) is 0 Å². The van der Waals surface area contributed by atoms with E-state index in [1.807, 2.05) is 43.5 Å². The molecule has 8 heteroatoms. The highest BCUT2D eigenvalue weighted by molar-refractivity contribution is 5.55. The van der Waals surface area contributed by atoms with E-state index in [0.717, 1.165) is 44.0 Å². The summed E-state index contributed by atoms with van der Waals surface area (Å²) in [6, 6.07) is 14.2. The zero-order chi connectivity index (χ0) is 20.8. The molecular weight excluding hydrogens is 378 g/mol. The van der Waals surface area contributed by atoms with Crippen molar-refractivity contribution < 1.29 is 5.11 Å². The highest BCUT2D eigenvalue weighted by Crippen LogP contribution is 2.18. The van der Waals surface area contributed by atoms with Gasteiger partial charge < -0.3 is 15.3 Å². The lowest BCUT2D eigenvalue weighted by Crippen LogP contribution is -2.47. The number of nitrogens with one attached hydrogen (secondary N) is 1. The van der Waals surface area contributed by atoms with Gasteiger partial charge in [-0.1, -0.05) is 18.2 Å². The number of pyridine rings is 1. The fraction of sp³-hybridized carbons (Fsp3) is 0.364. The van der Waals surface area contributed by atoms with Crippen LogP contribution in [0, 0.1) is 6.92 Å². The molecule has 0 spiro atoms. The number of piperazine rings is 1. The number of nitrogens with zero attached hydrogens (tertiary/aromatic N) is 6. The quantitative estimate of drug-likeness (QED) is 0.617. The van der Waals surface area contributed by atoms with Gasteiger partial charge in [0.1, 0.15) is 5.82 Å². The zero-order valence-electron chi connectivity index (χ0n) is 17.2. The van der Waals surface area contributed by atoms with Gasteiger partial charge in [0.25, 0.3) is 0 Å². The van der Waals surface area contributed by atoms with Crippen molar-refractivity contribution in [1.82, 2.24) is 24.8 Å². The Balaban J connectivity index is 1.41. The largest absolute Gasteiger partial charge is 0.395 e. The lowest BCUT2D eigenvalue weighted by atomic mass is 10.1. The maximum absolute atomic E-state index is 9.11. The van der Waals surface area contributed by atoms with Crippen molar-refractivity contribution >= 4 is 17.6 Å². The molecule has 2 N–H and O–H groups in total. The Morgan fingerprint density at radius 1 is 0.967 bits per heavy atom. The molecule has 2 aromatic heterocycles. The number of aryl methyl sites for hydroxylation is 1. The summed E-state index contributed by atoms with van der Waals surface area (Å²) in [5, 5.41) is 12.4. The third kappa shape index (κ3) is 5.28. The number of benzene rings is 1. The van der Waals surface area contributed by atoms with Gasteiger partial charge in [-0.3, -0.25) is 9.88 Å². The summed E-state index contributed by atoms with van der Waals surface area (Å²) < 4.78 is 0. The summed E-state index contributed by atoms with van der Waals surface area (Å²) in [6.07, 6.45) is 2.62. The molecule has 8 nitrogen and oxygen atoms in total.